The molecule has 2 atom stereocenters. The Morgan fingerprint density at radius 3 is 2.89 bits per heavy atom. The standard InChI is InChI=1S/C15H27NO2/c1-15(2)7-3-4-13(14(15)18)11-16-8-5-12(10-16)6-9-17/h12-13,17H,3-11H2,1-2H3. The van der Waals surface area contributed by atoms with E-state index >= 15 is 0 Å². The lowest BCUT2D eigenvalue weighted by Crippen LogP contribution is -2.41. The minimum atomic E-state index is -0.104. The largest absolute Gasteiger partial charge is 0.396 e. The first-order chi connectivity index (χ1) is 8.53. The molecule has 1 saturated carbocycles. The van der Waals surface area contributed by atoms with Gasteiger partial charge in [0.2, 0.25) is 0 Å². The molecule has 1 heterocycles. The molecule has 0 amide bonds. The fraction of sp³-hybridized carbons (Fsp3) is 0.933. The van der Waals surface area contributed by atoms with Crippen LogP contribution < -0.4 is 0 Å². The smallest absolute Gasteiger partial charge is 0.142 e. The molecule has 1 aliphatic carbocycles. The highest BCUT2D eigenvalue weighted by Crippen LogP contribution is 2.36. The molecule has 0 aromatic heterocycles. The number of aliphatic hydroxyl groups excluding tert-OH is 1. The van der Waals surface area contributed by atoms with E-state index in [9.17, 15) is 4.79 Å². The van der Waals surface area contributed by atoms with Crippen molar-refractivity contribution >= 4 is 5.78 Å². The molecular weight excluding hydrogens is 226 g/mol. The molecule has 0 spiro atoms. The number of aliphatic hydroxyl groups is 1. The van der Waals surface area contributed by atoms with Crippen LogP contribution in [-0.2, 0) is 4.79 Å². The molecule has 3 heteroatoms. The van der Waals surface area contributed by atoms with Gasteiger partial charge in [-0.3, -0.25) is 4.79 Å². The Hall–Kier alpha value is -0.410. The van der Waals surface area contributed by atoms with Crippen molar-refractivity contribution in [1.29, 1.82) is 0 Å². The number of carbonyl (C=O) groups is 1. The van der Waals surface area contributed by atoms with Gasteiger partial charge in [-0.1, -0.05) is 20.3 Å². The van der Waals surface area contributed by atoms with Crippen molar-refractivity contribution in [2.24, 2.45) is 17.3 Å². The molecule has 104 valence electrons. The van der Waals surface area contributed by atoms with Crippen molar-refractivity contribution in [2.75, 3.05) is 26.2 Å². The van der Waals surface area contributed by atoms with E-state index in [1.165, 1.54) is 12.8 Å². The summed E-state index contributed by atoms with van der Waals surface area (Å²) >= 11 is 0. The molecule has 0 bridgehead atoms. The van der Waals surface area contributed by atoms with E-state index in [0.29, 0.717) is 18.3 Å². The first kappa shape index (κ1) is 14.0. The quantitative estimate of drug-likeness (QED) is 0.834. The van der Waals surface area contributed by atoms with Crippen LogP contribution in [0.2, 0.25) is 0 Å². The fourth-order valence-electron chi connectivity index (χ4n) is 3.58. The fourth-order valence-corrected chi connectivity index (χ4v) is 3.58. The molecule has 2 fully saturated rings. The highest BCUT2D eigenvalue weighted by molar-refractivity contribution is 5.87. The number of hydrogen-bond acceptors (Lipinski definition) is 3. The Morgan fingerprint density at radius 2 is 2.17 bits per heavy atom. The van der Waals surface area contributed by atoms with Gasteiger partial charge in [-0.15, -0.1) is 0 Å². The number of ketones is 1. The predicted octanol–water partition coefficient (Wildman–Crippen LogP) is 2.09. The SMILES string of the molecule is CC1(C)CCCC(CN2CCC(CCO)C2)C1=O. The van der Waals surface area contributed by atoms with Gasteiger partial charge in [0.1, 0.15) is 5.78 Å². The third-order valence-electron chi connectivity index (χ3n) is 4.78. The van der Waals surface area contributed by atoms with Crippen LogP contribution in [0.15, 0.2) is 0 Å². The molecule has 2 aliphatic rings. The van der Waals surface area contributed by atoms with Crippen LogP contribution >= 0.6 is 0 Å². The Kier molecular flexibility index (Phi) is 4.44. The molecule has 1 saturated heterocycles. The van der Waals surface area contributed by atoms with Gasteiger partial charge in [-0.25, -0.2) is 0 Å². The van der Waals surface area contributed by atoms with Gasteiger partial charge in [0, 0.05) is 31.0 Å². The van der Waals surface area contributed by atoms with Crippen LogP contribution in [0.3, 0.4) is 0 Å². The minimum absolute atomic E-state index is 0.104. The zero-order valence-corrected chi connectivity index (χ0v) is 11.8. The van der Waals surface area contributed by atoms with Crippen LogP contribution in [0.25, 0.3) is 0 Å². The molecule has 2 unspecified atom stereocenters. The van der Waals surface area contributed by atoms with E-state index in [1.807, 2.05) is 0 Å². The van der Waals surface area contributed by atoms with Crippen molar-refractivity contribution in [3.63, 3.8) is 0 Å². The number of likely N-dealkylation sites (tertiary alicyclic amines) is 1. The molecule has 3 nitrogen and oxygen atoms in total. The summed E-state index contributed by atoms with van der Waals surface area (Å²) in [6.45, 7) is 7.62. The first-order valence-corrected chi connectivity index (χ1v) is 7.40. The summed E-state index contributed by atoms with van der Waals surface area (Å²) in [4.78, 5) is 14.8. The summed E-state index contributed by atoms with van der Waals surface area (Å²) in [5, 5.41) is 8.97. The molecule has 1 aliphatic heterocycles. The molecular formula is C15H27NO2. The van der Waals surface area contributed by atoms with Gasteiger partial charge >= 0.3 is 0 Å². The maximum atomic E-state index is 12.4. The van der Waals surface area contributed by atoms with Crippen molar-refractivity contribution in [3.8, 4) is 0 Å². The summed E-state index contributed by atoms with van der Waals surface area (Å²) in [7, 11) is 0. The van der Waals surface area contributed by atoms with Crippen molar-refractivity contribution in [2.45, 2.75) is 46.0 Å². The number of hydrogen-bond donors (Lipinski definition) is 1. The van der Waals surface area contributed by atoms with Gasteiger partial charge in [0.25, 0.3) is 0 Å². The van der Waals surface area contributed by atoms with Gasteiger partial charge in [-0.2, -0.15) is 0 Å². The summed E-state index contributed by atoms with van der Waals surface area (Å²) in [6.07, 6.45) is 5.42. The predicted molar refractivity (Wildman–Crippen MR) is 72.4 cm³/mol. The van der Waals surface area contributed by atoms with E-state index in [2.05, 4.69) is 18.7 Å². The number of Topliss-reactive ketones (excluding diaryl/α,β-unsaturated/α-hetero) is 1. The Morgan fingerprint density at radius 1 is 1.39 bits per heavy atom. The number of rotatable bonds is 4. The molecule has 0 radical (unpaired) electrons. The van der Waals surface area contributed by atoms with Crippen molar-refractivity contribution < 1.29 is 9.90 Å². The topological polar surface area (TPSA) is 40.5 Å². The normalized spacial score (nSPS) is 32.9. The van der Waals surface area contributed by atoms with E-state index < -0.39 is 0 Å². The molecule has 0 aromatic rings. The Bertz CT molecular complexity index is 301. The number of carbonyl (C=O) groups excluding carboxylic acids is 1. The van der Waals surface area contributed by atoms with Crippen molar-refractivity contribution in [1.82, 2.24) is 4.90 Å². The lowest BCUT2D eigenvalue weighted by molar-refractivity contribution is -0.134. The maximum Gasteiger partial charge on any atom is 0.142 e. The van der Waals surface area contributed by atoms with E-state index in [-0.39, 0.29) is 11.3 Å². The van der Waals surface area contributed by atoms with E-state index in [0.717, 1.165) is 38.9 Å². The van der Waals surface area contributed by atoms with Gasteiger partial charge in [-0.05, 0) is 38.1 Å². The Balaban J connectivity index is 1.85. The van der Waals surface area contributed by atoms with Gasteiger partial charge < -0.3 is 10.0 Å². The first-order valence-electron chi connectivity index (χ1n) is 7.40. The third kappa shape index (κ3) is 3.12. The summed E-state index contributed by atoms with van der Waals surface area (Å²) < 4.78 is 0. The van der Waals surface area contributed by atoms with Crippen LogP contribution in [0, 0.1) is 17.3 Å². The summed E-state index contributed by atoms with van der Waals surface area (Å²) in [5.74, 6) is 1.36. The molecule has 1 N–H and O–H groups in total. The molecule has 0 aromatic carbocycles. The van der Waals surface area contributed by atoms with Crippen LogP contribution in [0.4, 0.5) is 0 Å². The Labute approximate surface area is 111 Å². The minimum Gasteiger partial charge on any atom is -0.396 e. The van der Waals surface area contributed by atoms with E-state index in [4.69, 9.17) is 5.11 Å². The zero-order valence-electron chi connectivity index (χ0n) is 11.8. The summed E-state index contributed by atoms with van der Waals surface area (Å²) in [5.41, 5.74) is -0.104. The lowest BCUT2D eigenvalue weighted by atomic mass is 9.71. The monoisotopic (exact) mass is 253 g/mol. The highest BCUT2D eigenvalue weighted by Gasteiger charge is 2.38. The second kappa shape index (κ2) is 5.70. The van der Waals surface area contributed by atoms with E-state index in [1.54, 1.807) is 0 Å². The average Bonchev–Trinajstić information content (AvgIpc) is 2.73. The maximum absolute atomic E-state index is 12.4. The zero-order chi connectivity index (χ0) is 13.2. The second-order valence-electron chi connectivity index (χ2n) is 6.76. The van der Waals surface area contributed by atoms with Crippen LogP contribution in [-0.4, -0.2) is 42.0 Å². The van der Waals surface area contributed by atoms with Crippen LogP contribution in [0.5, 0.6) is 0 Å². The van der Waals surface area contributed by atoms with Crippen LogP contribution in [0.1, 0.15) is 46.0 Å². The van der Waals surface area contributed by atoms with Crippen molar-refractivity contribution in [3.05, 3.63) is 0 Å². The lowest BCUT2D eigenvalue weighted by Gasteiger charge is -2.35. The third-order valence-corrected chi connectivity index (χ3v) is 4.78. The van der Waals surface area contributed by atoms with Gasteiger partial charge in [0.15, 0.2) is 0 Å². The molecule has 2 rings (SSSR count). The highest BCUT2D eigenvalue weighted by atomic mass is 16.3. The average molecular weight is 253 g/mol. The molecule has 18 heavy (non-hydrogen) atoms. The second-order valence-corrected chi connectivity index (χ2v) is 6.76. The van der Waals surface area contributed by atoms with Gasteiger partial charge in [0.05, 0.1) is 0 Å². The summed E-state index contributed by atoms with van der Waals surface area (Å²) in [6, 6.07) is 0. The number of nitrogens with zero attached hydrogens (tertiary/aromatic N) is 1.